The zero-order chi connectivity index (χ0) is 20.1. The molecular weight excluding hydrogens is 418 g/mol. The Kier molecular flexibility index (Phi) is 6.97. The van der Waals surface area contributed by atoms with Crippen LogP contribution in [0.2, 0.25) is 0 Å². The summed E-state index contributed by atoms with van der Waals surface area (Å²) in [5.41, 5.74) is 2.54. The molecule has 1 saturated heterocycles. The minimum atomic E-state index is -0.164. The fraction of sp³-hybridized carbons (Fsp3) is 0.409. The van der Waals surface area contributed by atoms with Gasteiger partial charge in [-0.3, -0.25) is 4.79 Å². The lowest BCUT2D eigenvalue weighted by molar-refractivity contribution is 0.102. The van der Waals surface area contributed by atoms with E-state index in [0.717, 1.165) is 29.2 Å². The first-order chi connectivity index (χ1) is 13.5. The molecule has 6 heteroatoms. The molecule has 1 fully saturated rings. The third kappa shape index (κ3) is 5.26. The summed E-state index contributed by atoms with van der Waals surface area (Å²) in [6.07, 6.45) is 2.45. The van der Waals surface area contributed by atoms with Crippen LogP contribution in [0.3, 0.4) is 0 Å². The zero-order valence-electron chi connectivity index (χ0n) is 16.7. The monoisotopic (exact) mass is 445 g/mol. The van der Waals surface area contributed by atoms with Crippen LogP contribution in [0.5, 0.6) is 5.75 Å². The molecule has 1 N–H and O–H groups in total. The number of piperidine rings is 1. The number of amides is 1. The first kappa shape index (κ1) is 20.7. The Morgan fingerprint density at radius 1 is 1.18 bits per heavy atom. The molecule has 1 heterocycles. The van der Waals surface area contributed by atoms with Crippen LogP contribution in [-0.4, -0.2) is 51.6 Å². The molecule has 5 nitrogen and oxygen atoms in total. The standard InChI is InChI=1S/C22H28BrN3O2/c1-25(2)15-16-10-12-26(13-11-16)18-6-4-17(5-7-18)24-22(27)20-14-19(28-3)8-9-21(20)23/h4-9,14,16H,10-13,15H2,1-3H3,(H,24,27). The maximum atomic E-state index is 12.6. The molecule has 1 aliphatic heterocycles. The second-order valence-electron chi connectivity index (χ2n) is 7.54. The number of nitrogens with one attached hydrogen (secondary N) is 1. The number of methoxy groups -OCH3 is 1. The highest BCUT2D eigenvalue weighted by Gasteiger charge is 2.20. The molecule has 1 aliphatic rings. The summed E-state index contributed by atoms with van der Waals surface area (Å²) >= 11 is 3.43. The number of ether oxygens (including phenoxy) is 1. The molecule has 2 aromatic rings. The summed E-state index contributed by atoms with van der Waals surface area (Å²) in [7, 11) is 5.87. The lowest BCUT2D eigenvalue weighted by Crippen LogP contribution is -2.37. The first-order valence-corrected chi connectivity index (χ1v) is 10.4. The van der Waals surface area contributed by atoms with E-state index in [2.05, 4.69) is 57.3 Å². The van der Waals surface area contributed by atoms with E-state index in [4.69, 9.17) is 4.74 Å². The molecule has 3 rings (SSSR count). The van der Waals surface area contributed by atoms with Crippen LogP contribution >= 0.6 is 15.9 Å². The number of halogens is 1. The Hall–Kier alpha value is -2.05. The smallest absolute Gasteiger partial charge is 0.256 e. The molecule has 0 radical (unpaired) electrons. The van der Waals surface area contributed by atoms with Crippen molar-refractivity contribution in [3.05, 3.63) is 52.5 Å². The predicted molar refractivity (Wildman–Crippen MR) is 119 cm³/mol. The number of hydrogen-bond acceptors (Lipinski definition) is 4. The lowest BCUT2D eigenvalue weighted by Gasteiger charge is -2.34. The number of hydrogen-bond donors (Lipinski definition) is 1. The molecule has 0 bridgehead atoms. The quantitative estimate of drug-likeness (QED) is 0.711. The minimum Gasteiger partial charge on any atom is -0.497 e. The van der Waals surface area contributed by atoms with Crippen molar-refractivity contribution in [1.29, 1.82) is 0 Å². The van der Waals surface area contributed by atoms with Crippen molar-refractivity contribution < 1.29 is 9.53 Å². The third-order valence-electron chi connectivity index (χ3n) is 5.15. The Labute approximate surface area is 175 Å². The van der Waals surface area contributed by atoms with Crippen molar-refractivity contribution in [3.63, 3.8) is 0 Å². The highest BCUT2D eigenvalue weighted by molar-refractivity contribution is 9.10. The first-order valence-electron chi connectivity index (χ1n) is 9.61. The number of benzene rings is 2. The van der Waals surface area contributed by atoms with Crippen LogP contribution in [-0.2, 0) is 0 Å². The normalized spacial score (nSPS) is 15.0. The molecule has 28 heavy (non-hydrogen) atoms. The molecule has 2 aromatic carbocycles. The van der Waals surface area contributed by atoms with Crippen molar-refractivity contribution in [2.45, 2.75) is 12.8 Å². The summed E-state index contributed by atoms with van der Waals surface area (Å²) in [4.78, 5) is 17.3. The molecule has 0 unspecified atom stereocenters. The topological polar surface area (TPSA) is 44.8 Å². The number of carbonyl (C=O) groups excluding carboxylic acids is 1. The molecule has 0 aromatic heterocycles. The molecule has 0 atom stereocenters. The van der Waals surface area contributed by atoms with Crippen molar-refractivity contribution in [2.24, 2.45) is 5.92 Å². The Balaban J connectivity index is 1.60. The number of anilines is 2. The van der Waals surface area contributed by atoms with Gasteiger partial charge in [0.1, 0.15) is 5.75 Å². The molecular formula is C22H28BrN3O2. The van der Waals surface area contributed by atoms with Crippen molar-refractivity contribution >= 4 is 33.2 Å². The molecule has 150 valence electrons. The van der Waals surface area contributed by atoms with Gasteiger partial charge in [0.15, 0.2) is 0 Å². The number of rotatable bonds is 6. The Bertz CT molecular complexity index is 800. The average Bonchev–Trinajstić information content (AvgIpc) is 2.69. The molecule has 0 spiro atoms. The van der Waals surface area contributed by atoms with Gasteiger partial charge in [-0.25, -0.2) is 0 Å². The van der Waals surface area contributed by atoms with Gasteiger partial charge in [0.2, 0.25) is 0 Å². The van der Waals surface area contributed by atoms with Gasteiger partial charge in [-0.2, -0.15) is 0 Å². The van der Waals surface area contributed by atoms with Crippen LogP contribution in [0.15, 0.2) is 46.9 Å². The van der Waals surface area contributed by atoms with Crippen LogP contribution in [0, 0.1) is 5.92 Å². The van der Waals surface area contributed by atoms with E-state index in [9.17, 15) is 4.79 Å². The number of carbonyl (C=O) groups is 1. The van der Waals surface area contributed by atoms with Gasteiger partial charge in [0, 0.05) is 35.5 Å². The Morgan fingerprint density at radius 3 is 2.46 bits per heavy atom. The van der Waals surface area contributed by atoms with Gasteiger partial charge in [-0.15, -0.1) is 0 Å². The second-order valence-corrected chi connectivity index (χ2v) is 8.39. The summed E-state index contributed by atoms with van der Waals surface area (Å²) in [6.45, 7) is 3.33. The van der Waals surface area contributed by atoms with E-state index < -0.39 is 0 Å². The fourth-order valence-corrected chi connectivity index (χ4v) is 4.08. The number of nitrogens with zero attached hydrogens (tertiary/aromatic N) is 2. The Morgan fingerprint density at radius 2 is 1.86 bits per heavy atom. The highest BCUT2D eigenvalue weighted by atomic mass is 79.9. The highest BCUT2D eigenvalue weighted by Crippen LogP contribution is 2.26. The van der Waals surface area contributed by atoms with E-state index in [1.807, 2.05) is 24.3 Å². The van der Waals surface area contributed by atoms with E-state index >= 15 is 0 Å². The van der Waals surface area contributed by atoms with Crippen LogP contribution in [0.1, 0.15) is 23.2 Å². The van der Waals surface area contributed by atoms with Crippen molar-refractivity contribution in [2.75, 3.05) is 51.1 Å². The summed E-state index contributed by atoms with van der Waals surface area (Å²) in [5.74, 6) is 1.27. The molecule has 0 saturated carbocycles. The third-order valence-corrected chi connectivity index (χ3v) is 5.84. The fourth-order valence-electron chi connectivity index (χ4n) is 3.65. The zero-order valence-corrected chi connectivity index (χ0v) is 18.3. The summed E-state index contributed by atoms with van der Waals surface area (Å²) in [5, 5.41) is 2.96. The molecule has 1 amide bonds. The van der Waals surface area contributed by atoms with Gasteiger partial charge in [-0.05, 0) is 91.2 Å². The van der Waals surface area contributed by atoms with Gasteiger partial charge >= 0.3 is 0 Å². The SMILES string of the molecule is COc1ccc(Br)c(C(=O)Nc2ccc(N3CCC(CN(C)C)CC3)cc2)c1. The molecule has 0 aliphatic carbocycles. The van der Waals surface area contributed by atoms with Crippen LogP contribution in [0.25, 0.3) is 0 Å². The van der Waals surface area contributed by atoms with E-state index in [-0.39, 0.29) is 5.91 Å². The summed E-state index contributed by atoms with van der Waals surface area (Å²) in [6, 6.07) is 13.5. The van der Waals surface area contributed by atoms with Gasteiger partial charge < -0.3 is 19.9 Å². The predicted octanol–water partition coefficient (Wildman–Crippen LogP) is 4.49. The van der Waals surface area contributed by atoms with Gasteiger partial charge in [0.25, 0.3) is 5.91 Å². The summed E-state index contributed by atoms with van der Waals surface area (Å²) < 4.78 is 5.95. The lowest BCUT2D eigenvalue weighted by atomic mass is 9.96. The van der Waals surface area contributed by atoms with Crippen molar-refractivity contribution in [1.82, 2.24) is 4.90 Å². The van der Waals surface area contributed by atoms with Gasteiger partial charge in [0.05, 0.1) is 12.7 Å². The van der Waals surface area contributed by atoms with E-state index in [1.165, 1.54) is 25.1 Å². The maximum Gasteiger partial charge on any atom is 0.256 e. The average molecular weight is 446 g/mol. The second kappa shape index (κ2) is 9.43. The minimum absolute atomic E-state index is 0.164. The van der Waals surface area contributed by atoms with E-state index in [1.54, 1.807) is 13.2 Å². The largest absolute Gasteiger partial charge is 0.497 e. The van der Waals surface area contributed by atoms with Crippen LogP contribution in [0.4, 0.5) is 11.4 Å². The van der Waals surface area contributed by atoms with Crippen LogP contribution < -0.4 is 15.0 Å². The van der Waals surface area contributed by atoms with Crippen molar-refractivity contribution in [3.8, 4) is 5.75 Å². The maximum absolute atomic E-state index is 12.6. The van der Waals surface area contributed by atoms with Gasteiger partial charge in [-0.1, -0.05) is 0 Å². The van der Waals surface area contributed by atoms with E-state index in [0.29, 0.717) is 11.3 Å².